The Kier molecular flexibility index (Phi) is 5.18. The van der Waals surface area contributed by atoms with Gasteiger partial charge in [0.1, 0.15) is 0 Å². The molecule has 104 valence electrons. The minimum absolute atomic E-state index is 0.0457. The van der Waals surface area contributed by atoms with E-state index in [1.54, 1.807) is 0 Å². The first-order chi connectivity index (χ1) is 9.31. The maximum atomic E-state index is 12.3. The van der Waals surface area contributed by atoms with Crippen LogP contribution in [-0.4, -0.2) is 50.3 Å². The Morgan fingerprint density at radius 3 is 2.95 bits per heavy atom. The molecule has 1 unspecified atom stereocenters. The minimum Gasteiger partial charge on any atom is -0.377 e. The van der Waals surface area contributed by atoms with E-state index in [9.17, 15) is 4.79 Å². The van der Waals surface area contributed by atoms with Crippen LogP contribution in [0.15, 0.2) is 30.3 Å². The van der Waals surface area contributed by atoms with Gasteiger partial charge < -0.3 is 20.3 Å². The van der Waals surface area contributed by atoms with Gasteiger partial charge in [-0.25, -0.2) is 4.79 Å². The molecule has 1 saturated heterocycles. The van der Waals surface area contributed by atoms with E-state index in [4.69, 9.17) is 4.74 Å². The second-order valence-electron chi connectivity index (χ2n) is 4.61. The number of para-hydroxylation sites is 1. The van der Waals surface area contributed by atoms with Crippen molar-refractivity contribution in [3.05, 3.63) is 30.3 Å². The van der Waals surface area contributed by atoms with Crippen molar-refractivity contribution in [2.45, 2.75) is 12.5 Å². The van der Waals surface area contributed by atoms with E-state index in [1.165, 1.54) is 0 Å². The number of rotatable bonds is 4. The maximum absolute atomic E-state index is 12.3. The minimum atomic E-state index is -0.0457. The third-order valence-corrected chi connectivity index (χ3v) is 3.24. The predicted octanol–water partition coefficient (Wildman–Crippen LogP) is 1.53. The van der Waals surface area contributed by atoms with E-state index in [0.717, 1.165) is 18.7 Å². The summed E-state index contributed by atoms with van der Waals surface area (Å²) in [5.74, 6) is 0. The van der Waals surface area contributed by atoms with Gasteiger partial charge in [-0.2, -0.15) is 0 Å². The molecule has 0 aliphatic carbocycles. The summed E-state index contributed by atoms with van der Waals surface area (Å²) in [5.41, 5.74) is 0.825. The topological polar surface area (TPSA) is 53.6 Å². The third kappa shape index (κ3) is 3.94. The van der Waals surface area contributed by atoms with Crippen LogP contribution in [0.5, 0.6) is 0 Å². The smallest absolute Gasteiger partial charge is 0.322 e. The first kappa shape index (κ1) is 13.8. The fraction of sp³-hybridized carbons (Fsp3) is 0.500. The number of morpholine rings is 1. The van der Waals surface area contributed by atoms with E-state index in [-0.39, 0.29) is 12.1 Å². The number of nitrogens with zero attached hydrogens (tertiary/aromatic N) is 1. The van der Waals surface area contributed by atoms with Crippen LogP contribution in [0.1, 0.15) is 6.42 Å². The number of urea groups is 1. The van der Waals surface area contributed by atoms with Gasteiger partial charge in [-0.1, -0.05) is 18.2 Å². The van der Waals surface area contributed by atoms with Crippen LogP contribution in [0.3, 0.4) is 0 Å². The number of ether oxygens (including phenoxy) is 1. The average molecular weight is 263 g/mol. The molecule has 1 aliphatic rings. The number of nitrogens with one attached hydrogen (secondary N) is 2. The number of amides is 2. The Balaban J connectivity index is 1.95. The van der Waals surface area contributed by atoms with Crippen molar-refractivity contribution in [1.29, 1.82) is 0 Å². The number of hydrogen-bond donors (Lipinski definition) is 2. The second-order valence-corrected chi connectivity index (χ2v) is 4.61. The van der Waals surface area contributed by atoms with Crippen molar-refractivity contribution in [2.24, 2.45) is 0 Å². The number of anilines is 1. The Morgan fingerprint density at radius 1 is 1.42 bits per heavy atom. The number of benzene rings is 1. The lowest BCUT2D eigenvalue weighted by atomic mass is 10.1. The average Bonchev–Trinajstić information content (AvgIpc) is 2.46. The first-order valence-corrected chi connectivity index (χ1v) is 6.66. The molecule has 0 radical (unpaired) electrons. The van der Waals surface area contributed by atoms with Gasteiger partial charge in [0.25, 0.3) is 0 Å². The summed E-state index contributed by atoms with van der Waals surface area (Å²) in [6.45, 7) is 2.75. The van der Waals surface area contributed by atoms with Crippen LogP contribution in [0.25, 0.3) is 0 Å². The van der Waals surface area contributed by atoms with Gasteiger partial charge in [0, 0.05) is 12.2 Å². The molecular weight excluding hydrogens is 242 g/mol. The van der Waals surface area contributed by atoms with E-state index >= 15 is 0 Å². The Labute approximate surface area is 113 Å². The standard InChI is InChI=1S/C14H21N3O2/c1-15-8-7-13-11-19-10-9-17(13)14(18)16-12-5-3-2-4-6-12/h2-6,13,15H,7-11H2,1H3,(H,16,18). The molecule has 2 N–H and O–H groups in total. The number of hydrogen-bond acceptors (Lipinski definition) is 3. The fourth-order valence-corrected chi connectivity index (χ4v) is 2.19. The summed E-state index contributed by atoms with van der Waals surface area (Å²) in [6, 6.07) is 9.63. The zero-order valence-electron chi connectivity index (χ0n) is 11.3. The van der Waals surface area contributed by atoms with E-state index in [0.29, 0.717) is 19.8 Å². The van der Waals surface area contributed by atoms with Gasteiger partial charge in [0.2, 0.25) is 0 Å². The predicted molar refractivity (Wildman–Crippen MR) is 75.3 cm³/mol. The molecule has 2 amide bonds. The molecule has 0 spiro atoms. The highest BCUT2D eigenvalue weighted by molar-refractivity contribution is 5.89. The van der Waals surface area contributed by atoms with Gasteiger partial charge in [-0.05, 0) is 32.1 Å². The molecule has 5 nitrogen and oxygen atoms in total. The van der Waals surface area contributed by atoms with Crippen LogP contribution >= 0.6 is 0 Å². The van der Waals surface area contributed by atoms with Crippen molar-refractivity contribution in [3.8, 4) is 0 Å². The molecule has 1 heterocycles. The molecule has 0 bridgehead atoms. The highest BCUT2D eigenvalue weighted by Gasteiger charge is 2.26. The molecule has 1 fully saturated rings. The monoisotopic (exact) mass is 263 g/mol. The van der Waals surface area contributed by atoms with Gasteiger partial charge in [0.15, 0.2) is 0 Å². The second kappa shape index (κ2) is 7.11. The maximum Gasteiger partial charge on any atom is 0.322 e. The lowest BCUT2D eigenvalue weighted by Gasteiger charge is -2.35. The molecule has 1 aromatic rings. The molecule has 0 saturated carbocycles. The van der Waals surface area contributed by atoms with E-state index in [2.05, 4.69) is 10.6 Å². The zero-order valence-corrected chi connectivity index (χ0v) is 11.3. The van der Waals surface area contributed by atoms with Crippen molar-refractivity contribution >= 4 is 11.7 Å². The lowest BCUT2D eigenvalue weighted by Crippen LogP contribution is -2.51. The molecule has 1 aliphatic heterocycles. The SMILES string of the molecule is CNCCC1COCCN1C(=O)Nc1ccccc1. The van der Waals surface area contributed by atoms with Crippen molar-refractivity contribution in [2.75, 3.05) is 38.7 Å². The van der Waals surface area contributed by atoms with E-state index < -0.39 is 0 Å². The van der Waals surface area contributed by atoms with Gasteiger partial charge >= 0.3 is 6.03 Å². The molecule has 5 heteroatoms. The normalized spacial score (nSPS) is 19.2. The lowest BCUT2D eigenvalue weighted by molar-refractivity contribution is 0.0130. The van der Waals surface area contributed by atoms with Crippen molar-refractivity contribution in [1.82, 2.24) is 10.2 Å². The molecule has 1 aromatic carbocycles. The van der Waals surface area contributed by atoms with Crippen molar-refractivity contribution in [3.63, 3.8) is 0 Å². The summed E-state index contributed by atoms with van der Waals surface area (Å²) in [5, 5.41) is 6.04. The fourth-order valence-electron chi connectivity index (χ4n) is 2.19. The van der Waals surface area contributed by atoms with E-state index in [1.807, 2.05) is 42.3 Å². The molecule has 2 rings (SSSR count). The number of carbonyl (C=O) groups is 1. The summed E-state index contributed by atoms with van der Waals surface area (Å²) in [4.78, 5) is 14.1. The van der Waals surface area contributed by atoms with Crippen LogP contribution < -0.4 is 10.6 Å². The summed E-state index contributed by atoms with van der Waals surface area (Å²) in [6.07, 6.45) is 0.901. The quantitative estimate of drug-likeness (QED) is 0.866. The highest BCUT2D eigenvalue weighted by Crippen LogP contribution is 2.13. The van der Waals surface area contributed by atoms with Crippen LogP contribution in [0.4, 0.5) is 10.5 Å². The Morgan fingerprint density at radius 2 is 2.21 bits per heavy atom. The number of carbonyl (C=O) groups excluding carboxylic acids is 1. The largest absolute Gasteiger partial charge is 0.377 e. The first-order valence-electron chi connectivity index (χ1n) is 6.66. The van der Waals surface area contributed by atoms with Gasteiger partial charge in [0.05, 0.1) is 19.3 Å². The highest BCUT2D eigenvalue weighted by atomic mass is 16.5. The summed E-state index contributed by atoms with van der Waals surface area (Å²) in [7, 11) is 1.91. The van der Waals surface area contributed by atoms with Crippen LogP contribution in [-0.2, 0) is 4.74 Å². The van der Waals surface area contributed by atoms with Crippen LogP contribution in [0.2, 0.25) is 0 Å². The Hall–Kier alpha value is -1.59. The van der Waals surface area contributed by atoms with Gasteiger partial charge in [-0.3, -0.25) is 0 Å². The molecular formula is C14H21N3O2. The Bertz CT molecular complexity index is 397. The van der Waals surface area contributed by atoms with Crippen molar-refractivity contribution < 1.29 is 9.53 Å². The molecule has 0 aromatic heterocycles. The summed E-state index contributed by atoms with van der Waals surface area (Å²) >= 11 is 0. The third-order valence-electron chi connectivity index (χ3n) is 3.24. The van der Waals surface area contributed by atoms with Crippen LogP contribution in [0, 0.1) is 0 Å². The molecule has 19 heavy (non-hydrogen) atoms. The molecule has 1 atom stereocenters. The summed E-state index contributed by atoms with van der Waals surface area (Å²) < 4.78 is 5.46. The van der Waals surface area contributed by atoms with Gasteiger partial charge in [-0.15, -0.1) is 0 Å². The zero-order chi connectivity index (χ0) is 13.5.